The van der Waals surface area contributed by atoms with Gasteiger partial charge in [0.15, 0.2) is 0 Å². The van der Waals surface area contributed by atoms with Crippen LogP contribution in [0.3, 0.4) is 0 Å². The van der Waals surface area contributed by atoms with Crippen molar-refractivity contribution in [1.82, 2.24) is 5.43 Å². The molecule has 0 bridgehead atoms. The summed E-state index contributed by atoms with van der Waals surface area (Å²) < 4.78 is 5.20. The third kappa shape index (κ3) is 3.97. The molecule has 1 heterocycles. The van der Waals surface area contributed by atoms with Gasteiger partial charge >= 0.3 is 5.97 Å². The van der Waals surface area contributed by atoms with Crippen LogP contribution in [0.1, 0.15) is 17.4 Å². The highest BCUT2D eigenvalue weighted by Crippen LogP contribution is 2.34. The van der Waals surface area contributed by atoms with Crippen LogP contribution in [-0.2, 0) is 16.0 Å². The topological polar surface area (TPSA) is 50.4 Å². The van der Waals surface area contributed by atoms with E-state index in [0.717, 1.165) is 16.1 Å². The number of nitrogens with one attached hydrogen (secondary N) is 2. The summed E-state index contributed by atoms with van der Waals surface area (Å²) in [6.45, 7) is 2.08. The second-order valence-corrected chi connectivity index (χ2v) is 6.52. The fraction of sp³-hybridized carbons (Fsp3) is 0.158. The third-order valence-corrected chi connectivity index (χ3v) is 5.10. The lowest BCUT2D eigenvalue weighted by molar-refractivity contribution is -0.138. The number of rotatable bonds is 5. The summed E-state index contributed by atoms with van der Waals surface area (Å²) in [4.78, 5) is 13.3. The monoisotopic (exact) mass is 372 g/mol. The van der Waals surface area contributed by atoms with Gasteiger partial charge in [-0.1, -0.05) is 29.8 Å². The van der Waals surface area contributed by atoms with E-state index < -0.39 is 5.97 Å². The van der Waals surface area contributed by atoms with Crippen molar-refractivity contribution >= 4 is 40.3 Å². The van der Waals surface area contributed by atoms with Gasteiger partial charge < -0.3 is 10.2 Å². The number of halogens is 1. The van der Waals surface area contributed by atoms with Crippen molar-refractivity contribution in [3.05, 3.63) is 74.6 Å². The van der Waals surface area contributed by atoms with Gasteiger partial charge in [0.1, 0.15) is 0 Å². The molecule has 6 heteroatoms. The molecule has 1 aliphatic rings. The van der Waals surface area contributed by atoms with Gasteiger partial charge in [-0.25, -0.2) is 4.79 Å². The quantitative estimate of drug-likeness (QED) is 0.459. The zero-order valence-corrected chi connectivity index (χ0v) is 15.2. The fourth-order valence-electron chi connectivity index (χ4n) is 2.41. The number of anilines is 1. The van der Waals surface area contributed by atoms with Crippen molar-refractivity contribution < 1.29 is 9.53 Å². The van der Waals surface area contributed by atoms with Crippen molar-refractivity contribution in [2.24, 2.45) is 0 Å². The first-order valence-corrected chi connectivity index (χ1v) is 9.12. The highest BCUT2D eigenvalue weighted by molar-refractivity contribution is 7.11. The smallest absolute Gasteiger partial charge is 0.340 e. The Labute approximate surface area is 155 Å². The van der Waals surface area contributed by atoms with E-state index in [1.165, 1.54) is 11.3 Å². The van der Waals surface area contributed by atoms with Crippen molar-refractivity contribution in [1.29, 1.82) is 0 Å². The number of hydrazine groups is 1. The Hall–Kier alpha value is -2.46. The van der Waals surface area contributed by atoms with Gasteiger partial charge in [0.25, 0.3) is 0 Å². The van der Waals surface area contributed by atoms with E-state index in [9.17, 15) is 4.79 Å². The Morgan fingerprint density at radius 2 is 2.12 bits per heavy atom. The van der Waals surface area contributed by atoms with E-state index in [1.54, 1.807) is 13.0 Å². The Kier molecular flexibility index (Phi) is 5.61. The number of thiophene rings is 1. The summed E-state index contributed by atoms with van der Waals surface area (Å²) in [6, 6.07) is 9.66. The van der Waals surface area contributed by atoms with Crippen LogP contribution in [0, 0.1) is 0 Å². The number of carbonyl (C=O) groups excluding carboxylic acids is 1. The molecular formula is C19H17ClN2O2S. The lowest BCUT2D eigenvalue weighted by Gasteiger charge is -2.17. The summed E-state index contributed by atoms with van der Waals surface area (Å²) in [5.74, 6) is -0.405. The second kappa shape index (κ2) is 8.08. The van der Waals surface area contributed by atoms with Gasteiger partial charge in [-0.3, -0.25) is 5.43 Å². The predicted molar refractivity (Wildman–Crippen MR) is 102 cm³/mol. The SMILES string of the molecule is CCOC(=O)C1=C(NNc2ccccc2)c2scc(Cl)c2CC=C=C1. The number of esters is 1. The summed E-state index contributed by atoms with van der Waals surface area (Å²) in [5.41, 5.74) is 12.2. The summed E-state index contributed by atoms with van der Waals surface area (Å²) >= 11 is 7.81. The van der Waals surface area contributed by atoms with Crippen LogP contribution in [0.25, 0.3) is 5.70 Å². The standard InChI is InChI=1S/C19H17ClN2O2S/c1-2-24-19(23)15-11-7-6-10-14-16(20)12-25-18(14)17(15)22-21-13-8-4-3-5-9-13/h3-6,8-9,11-12,21-22H,2,10H2,1H3. The molecule has 0 unspecified atom stereocenters. The van der Waals surface area contributed by atoms with E-state index in [2.05, 4.69) is 16.6 Å². The van der Waals surface area contributed by atoms with Crippen LogP contribution in [0.2, 0.25) is 5.02 Å². The Morgan fingerprint density at radius 3 is 2.88 bits per heavy atom. The largest absolute Gasteiger partial charge is 0.462 e. The number of fused-ring (bicyclic) bond motifs is 1. The first-order valence-electron chi connectivity index (χ1n) is 7.86. The Morgan fingerprint density at radius 1 is 1.32 bits per heavy atom. The molecule has 0 aliphatic heterocycles. The normalized spacial score (nSPS) is 13.0. The predicted octanol–water partition coefficient (Wildman–Crippen LogP) is 4.56. The van der Waals surface area contributed by atoms with Gasteiger partial charge in [0.05, 0.1) is 33.5 Å². The number of hydrogen-bond donors (Lipinski definition) is 2. The van der Waals surface area contributed by atoms with Crippen molar-refractivity contribution in [2.75, 3.05) is 12.0 Å². The number of para-hydroxylation sites is 1. The maximum Gasteiger partial charge on any atom is 0.340 e. The third-order valence-electron chi connectivity index (χ3n) is 3.59. The molecule has 2 N–H and O–H groups in total. The molecule has 0 radical (unpaired) electrons. The van der Waals surface area contributed by atoms with Crippen molar-refractivity contribution in [3.8, 4) is 0 Å². The van der Waals surface area contributed by atoms with Crippen LogP contribution in [-0.4, -0.2) is 12.6 Å². The van der Waals surface area contributed by atoms with Crippen LogP contribution < -0.4 is 10.9 Å². The van der Waals surface area contributed by atoms with Crippen molar-refractivity contribution in [3.63, 3.8) is 0 Å². The minimum atomic E-state index is -0.405. The van der Waals surface area contributed by atoms with Gasteiger partial charge in [-0.15, -0.1) is 17.1 Å². The molecule has 2 aromatic rings. The number of ether oxygens (including phenoxy) is 1. The lowest BCUT2D eigenvalue weighted by atomic mass is 10.1. The number of carbonyl (C=O) groups is 1. The zero-order chi connectivity index (χ0) is 17.6. The second-order valence-electron chi connectivity index (χ2n) is 5.24. The molecule has 0 spiro atoms. The summed E-state index contributed by atoms with van der Waals surface area (Å²) in [5, 5.41) is 2.56. The van der Waals surface area contributed by atoms with E-state index >= 15 is 0 Å². The molecule has 0 saturated carbocycles. The number of benzene rings is 1. The molecule has 4 nitrogen and oxygen atoms in total. The minimum Gasteiger partial charge on any atom is -0.462 e. The highest BCUT2D eigenvalue weighted by atomic mass is 35.5. The van der Waals surface area contributed by atoms with E-state index in [4.69, 9.17) is 16.3 Å². The summed E-state index contributed by atoms with van der Waals surface area (Å²) in [7, 11) is 0. The molecule has 0 saturated heterocycles. The van der Waals surface area contributed by atoms with E-state index in [1.807, 2.05) is 41.8 Å². The van der Waals surface area contributed by atoms with Gasteiger partial charge in [0, 0.05) is 11.8 Å². The van der Waals surface area contributed by atoms with Gasteiger partial charge in [-0.05, 0) is 36.8 Å². The zero-order valence-electron chi connectivity index (χ0n) is 13.6. The number of hydrogen-bond acceptors (Lipinski definition) is 5. The molecule has 1 aromatic heterocycles. The Balaban J connectivity index is 2.04. The fourth-order valence-corrected chi connectivity index (χ4v) is 3.75. The van der Waals surface area contributed by atoms with E-state index in [0.29, 0.717) is 29.3 Å². The average molecular weight is 373 g/mol. The summed E-state index contributed by atoms with van der Waals surface area (Å²) in [6.07, 6.45) is 4.16. The molecule has 128 valence electrons. The Bertz CT molecular complexity index is 865. The highest BCUT2D eigenvalue weighted by Gasteiger charge is 2.22. The van der Waals surface area contributed by atoms with Crippen LogP contribution in [0.4, 0.5) is 5.69 Å². The van der Waals surface area contributed by atoms with Gasteiger partial charge in [0.2, 0.25) is 0 Å². The first kappa shape index (κ1) is 17.4. The molecule has 3 rings (SSSR count). The molecule has 1 aromatic carbocycles. The average Bonchev–Trinajstić information content (AvgIpc) is 2.95. The molecule has 0 atom stereocenters. The molecular weight excluding hydrogens is 356 g/mol. The molecule has 25 heavy (non-hydrogen) atoms. The van der Waals surface area contributed by atoms with Gasteiger partial charge in [-0.2, -0.15) is 0 Å². The maximum absolute atomic E-state index is 12.4. The van der Waals surface area contributed by atoms with E-state index in [-0.39, 0.29) is 0 Å². The maximum atomic E-state index is 12.4. The first-order chi connectivity index (χ1) is 12.2. The molecule has 1 aliphatic carbocycles. The van der Waals surface area contributed by atoms with Crippen LogP contribution in [0.15, 0.2) is 59.2 Å². The van der Waals surface area contributed by atoms with Crippen LogP contribution >= 0.6 is 22.9 Å². The minimum absolute atomic E-state index is 0.303. The van der Waals surface area contributed by atoms with Crippen molar-refractivity contribution in [2.45, 2.75) is 13.3 Å². The molecule has 0 amide bonds. The molecule has 0 fully saturated rings. The lowest BCUT2D eigenvalue weighted by Crippen LogP contribution is -2.24. The van der Waals surface area contributed by atoms with Crippen LogP contribution in [0.5, 0.6) is 0 Å².